The maximum Gasteiger partial charge on any atom is 0.191 e. The molecule has 2 N–H and O–H groups in total. The summed E-state index contributed by atoms with van der Waals surface area (Å²) >= 11 is 0. The maximum absolute atomic E-state index is 5.60. The molecule has 2 aliphatic heterocycles. The standard InChI is InChI=1S/C15H30N4O/c1-16-15(18-13-14-7-6-12-20-14)17-8-2-3-9-19-10-4-5-11-19/h14H,2-13H2,1H3,(H2,16,17,18). The first kappa shape index (κ1) is 15.6. The molecule has 2 aliphatic rings. The van der Waals surface area contributed by atoms with Crippen molar-refractivity contribution in [3.05, 3.63) is 0 Å². The van der Waals surface area contributed by atoms with E-state index in [0.717, 1.165) is 25.7 Å². The van der Waals surface area contributed by atoms with Crippen LogP contribution in [0.15, 0.2) is 4.99 Å². The van der Waals surface area contributed by atoms with Gasteiger partial charge in [0.05, 0.1) is 6.10 Å². The quantitative estimate of drug-likeness (QED) is 0.419. The van der Waals surface area contributed by atoms with E-state index >= 15 is 0 Å². The Morgan fingerprint density at radius 1 is 1.20 bits per heavy atom. The van der Waals surface area contributed by atoms with E-state index in [9.17, 15) is 0 Å². The van der Waals surface area contributed by atoms with E-state index in [0.29, 0.717) is 6.10 Å². The highest BCUT2D eigenvalue weighted by Gasteiger charge is 2.15. The molecule has 116 valence electrons. The van der Waals surface area contributed by atoms with Crippen molar-refractivity contribution in [1.29, 1.82) is 0 Å². The SMILES string of the molecule is CN=C(NCCCCN1CCCC1)NCC1CCCO1. The molecule has 0 spiro atoms. The first-order valence-corrected chi connectivity index (χ1v) is 8.17. The molecule has 1 atom stereocenters. The van der Waals surface area contributed by atoms with Gasteiger partial charge < -0.3 is 20.3 Å². The van der Waals surface area contributed by atoms with Crippen molar-refractivity contribution in [1.82, 2.24) is 15.5 Å². The second kappa shape index (κ2) is 9.19. The molecule has 0 aromatic heterocycles. The lowest BCUT2D eigenvalue weighted by Gasteiger charge is -2.16. The molecule has 0 aromatic rings. The fourth-order valence-corrected chi connectivity index (χ4v) is 2.91. The highest BCUT2D eigenvalue weighted by atomic mass is 16.5. The number of hydrogen-bond donors (Lipinski definition) is 2. The first-order valence-electron chi connectivity index (χ1n) is 8.17. The van der Waals surface area contributed by atoms with Gasteiger partial charge in [-0.3, -0.25) is 4.99 Å². The summed E-state index contributed by atoms with van der Waals surface area (Å²) in [6.07, 6.45) is 7.97. The molecule has 0 radical (unpaired) electrons. The lowest BCUT2D eigenvalue weighted by atomic mass is 10.2. The van der Waals surface area contributed by atoms with Crippen LogP contribution in [0.5, 0.6) is 0 Å². The lowest BCUT2D eigenvalue weighted by Crippen LogP contribution is -2.41. The van der Waals surface area contributed by atoms with Crippen LogP contribution in [0.2, 0.25) is 0 Å². The summed E-state index contributed by atoms with van der Waals surface area (Å²) < 4.78 is 5.60. The molecule has 0 bridgehead atoms. The fraction of sp³-hybridized carbons (Fsp3) is 0.933. The Balaban J connectivity index is 1.47. The predicted molar refractivity (Wildman–Crippen MR) is 83.2 cm³/mol. The van der Waals surface area contributed by atoms with Gasteiger partial charge >= 0.3 is 0 Å². The molecule has 20 heavy (non-hydrogen) atoms. The zero-order valence-electron chi connectivity index (χ0n) is 12.9. The summed E-state index contributed by atoms with van der Waals surface area (Å²) in [7, 11) is 1.83. The van der Waals surface area contributed by atoms with Crippen LogP contribution in [0.25, 0.3) is 0 Å². The number of nitrogens with one attached hydrogen (secondary N) is 2. The fourth-order valence-electron chi connectivity index (χ4n) is 2.91. The number of rotatable bonds is 7. The van der Waals surface area contributed by atoms with Crippen LogP contribution in [-0.4, -0.2) is 63.3 Å². The molecule has 2 saturated heterocycles. The van der Waals surface area contributed by atoms with Gasteiger partial charge in [-0.2, -0.15) is 0 Å². The second-order valence-electron chi connectivity index (χ2n) is 5.77. The van der Waals surface area contributed by atoms with Gasteiger partial charge in [0.15, 0.2) is 5.96 Å². The summed E-state index contributed by atoms with van der Waals surface area (Å²) in [4.78, 5) is 6.83. The lowest BCUT2D eigenvalue weighted by molar-refractivity contribution is 0.114. The Morgan fingerprint density at radius 3 is 2.75 bits per heavy atom. The summed E-state index contributed by atoms with van der Waals surface area (Å²) in [6, 6.07) is 0. The van der Waals surface area contributed by atoms with Gasteiger partial charge in [0.25, 0.3) is 0 Å². The molecule has 0 amide bonds. The smallest absolute Gasteiger partial charge is 0.191 e. The third-order valence-corrected chi connectivity index (χ3v) is 4.14. The molecule has 0 saturated carbocycles. The summed E-state index contributed by atoms with van der Waals surface area (Å²) in [5.41, 5.74) is 0. The van der Waals surface area contributed by atoms with Gasteiger partial charge in [0.1, 0.15) is 0 Å². The molecule has 2 heterocycles. The van der Waals surface area contributed by atoms with Crippen LogP contribution in [0.1, 0.15) is 38.5 Å². The Labute approximate surface area is 123 Å². The molecule has 0 aliphatic carbocycles. The topological polar surface area (TPSA) is 48.9 Å². The Hall–Kier alpha value is -0.810. The average molecular weight is 282 g/mol. The van der Waals surface area contributed by atoms with Crippen molar-refractivity contribution in [3.63, 3.8) is 0 Å². The van der Waals surface area contributed by atoms with Gasteiger partial charge in [-0.25, -0.2) is 0 Å². The number of unbranched alkanes of at least 4 members (excludes halogenated alkanes) is 1. The van der Waals surface area contributed by atoms with E-state index in [-0.39, 0.29) is 0 Å². The Bertz CT molecular complexity index is 284. The van der Waals surface area contributed by atoms with Crippen LogP contribution < -0.4 is 10.6 Å². The molecule has 2 rings (SSSR count). The van der Waals surface area contributed by atoms with Crippen LogP contribution in [0.3, 0.4) is 0 Å². The normalized spacial score (nSPS) is 24.2. The molecule has 5 nitrogen and oxygen atoms in total. The van der Waals surface area contributed by atoms with Gasteiger partial charge in [0.2, 0.25) is 0 Å². The summed E-state index contributed by atoms with van der Waals surface area (Å²) in [6.45, 7) is 6.64. The van der Waals surface area contributed by atoms with Crippen molar-refractivity contribution in [2.24, 2.45) is 4.99 Å². The van der Waals surface area contributed by atoms with Crippen molar-refractivity contribution >= 4 is 5.96 Å². The zero-order chi connectivity index (χ0) is 14.0. The number of likely N-dealkylation sites (tertiary alicyclic amines) is 1. The van der Waals surface area contributed by atoms with Crippen LogP contribution in [0.4, 0.5) is 0 Å². The van der Waals surface area contributed by atoms with Crippen molar-refractivity contribution in [2.45, 2.75) is 44.6 Å². The van der Waals surface area contributed by atoms with E-state index in [1.165, 1.54) is 58.2 Å². The number of nitrogens with zero attached hydrogens (tertiary/aromatic N) is 2. The van der Waals surface area contributed by atoms with Crippen molar-refractivity contribution in [3.8, 4) is 0 Å². The van der Waals surface area contributed by atoms with E-state index in [1.807, 2.05) is 7.05 Å². The minimum atomic E-state index is 0.365. The molecular weight excluding hydrogens is 252 g/mol. The Kier molecular flexibility index (Phi) is 7.15. The number of guanidine groups is 1. The van der Waals surface area contributed by atoms with Gasteiger partial charge in [-0.15, -0.1) is 0 Å². The zero-order valence-corrected chi connectivity index (χ0v) is 12.9. The van der Waals surface area contributed by atoms with E-state index in [4.69, 9.17) is 4.74 Å². The van der Waals surface area contributed by atoms with Crippen LogP contribution >= 0.6 is 0 Å². The van der Waals surface area contributed by atoms with Gasteiger partial charge in [0, 0.05) is 26.7 Å². The van der Waals surface area contributed by atoms with Gasteiger partial charge in [-0.1, -0.05) is 0 Å². The third-order valence-electron chi connectivity index (χ3n) is 4.14. The molecule has 0 aromatic carbocycles. The first-order chi connectivity index (χ1) is 9.88. The predicted octanol–water partition coefficient (Wildman–Crippen LogP) is 1.21. The second-order valence-corrected chi connectivity index (χ2v) is 5.77. The maximum atomic E-state index is 5.60. The Morgan fingerprint density at radius 2 is 2.05 bits per heavy atom. The van der Waals surface area contributed by atoms with Crippen molar-refractivity contribution in [2.75, 3.05) is 46.4 Å². The monoisotopic (exact) mass is 282 g/mol. The highest BCUT2D eigenvalue weighted by molar-refractivity contribution is 5.79. The molecule has 2 fully saturated rings. The summed E-state index contributed by atoms with van der Waals surface area (Å²) in [5.74, 6) is 0.904. The van der Waals surface area contributed by atoms with E-state index in [2.05, 4.69) is 20.5 Å². The largest absolute Gasteiger partial charge is 0.376 e. The van der Waals surface area contributed by atoms with Gasteiger partial charge in [-0.05, 0) is 58.2 Å². The third kappa shape index (κ3) is 5.67. The molecular formula is C15H30N4O. The average Bonchev–Trinajstić information content (AvgIpc) is 3.14. The number of aliphatic imine (C=N–C) groups is 1. The van der Waals surface area contributed by atoms with Crippen LogP contribution in [-0.2, 0) is 4.74 Å². The number of ether oxygens (including phenoxy) is 1. The highest BCUT2D eigenvalue weighted by Crippen LogP contribution is 2.10. The van der Waals surface area contributed by atoms with E-state index in [1.54, 1.807) is 0 Å². The molecule has 1 unspecified atom stereocenters. The molecule has 5 heteroatoms. The van der Waals surface area contributed by atoms with E-state index < -0.39 is 0 Å². The summed E-state index contributed by atoms with van der Waals surface area (Å²) in [5, 5.41) is 6.73. The minimum absolute atomic E-state index is 0.365. The minimum Gasteiger partial charge on any atom is -0.376 e. The van der Waals surface area contributed by atoms with Crippen LogP contribution in [0, 0.1) is 0 Å². The number of hydrogen-bond acceptors (Lipinski definition) is 3. The van der Waals surface area contributed by atoms with Crippen molar-refractivity contribution < 1.29 is 4.74 Å².